The molecule has 3 aromatic heterocycles. The van der Waals surface area contributed by atoms with Gasteiger partial charge < -0.3 is 14.8 Å². The van der Waals surface area contributed by atoms with E-state index in [9.17, 15) is 5.11 Å². The molecule has 0 aliphatic heterocycles. The zero-order valence-electron chi connectivity index (χ0n) is 12.8. The van der Waals surface area contributed by atoms with E-state index in [1.165, 1.54) is 0 Å². The van der Waals surface area contributed by atoms with Gasteiger partial charge in [-0.05, 0) is 31.5 Å². The number of aliphatic hydroxyl groups excluding tert-OH is 1. The molecule has 1 aliphatic carbocycles. The van der Waals surface area contributed by atoms with Crippen molar-refractivity contribution in [3.05, 3.63) is 48.1 Å². The second-order valence-electron chi connectivity index (χ2n) is 5.95. The molecule has 3 heterocycles. The van der Waals surface area contributed by atoms with Crippen LogP contribution in [0.25, 0.3) is 11.5 Å². The zero-order chi connectivity index (χ0) is 15.8. The minimum atomic E-state index is -0.357. The SMILES string of the molecule is Cc1ccc(-c2[nH]ncc2CN[C@H]2C[C@@H](O)[C@@H]2n2cccn2)o1. The van der Waals surface area contributed by atoms with Crippen molar-refractivity contribution < 1.29 is 9.52 Å². The monoisotopic (exact) mass is 313 g/mol. The molecule has 0 spiro atoms. The van der Waals surface area contributed by atoms with Crippen LogP contribution < -0.4 is 5.32 Å². The van der Waals surface area contributed by atoms with Gasteiger partial charge in [-0.25, -0.2) is 0 Å². The van der Waals surface area contributed by atoms with Gasteiger partial charge in [0.25, 0.3) is 0 Å². The molecule has 3 N–H and O–H groups in total. The maximum atomic E-state index is 10.0. The smallest absolute Gasteiger partial charge is 0.152 e. The summed E-state index contributed by atoms with van der Waals surface area (Å²) >= 11 is 0. The quantitative estimate of drug-likeness (QED) is 0.666. The summed E-state index contributed by atoms with van der Waals surface area (Å²) in [6, 6.07) is 5.91. The average Bonchev–Trinajstić information content (AvgIpc) is 3.24. The lowest BCUT2D eigenvalue weighted by Gasteiger charge is -2.42. The first-order valence-electron chi connectivity index (χ1n) is 7.72. The van der Waals surface area contributed by atoms with Gasteiger partial charge in [-0.1, -0.05) is 0 Å². The van der Waals surface area contributed by atoms with Crippen LogP contribution in [0.4, 0.5) is 0 Å². The summed E-state index contributed by atoms with van der Waals surface area (Å²) in [5, 5.41) is 24.8. The van der Waals surface area contributed by atoms with Crippen molar-refractivity contribution in [2.24, 2.45) is 0 Å². The summed E-state index contributed by atoms with van der Waals surface area (Å²) in [5.41, 5.74) is 1.93. The third kappa shape index (κ3) is 2.58. The van der Waals surface area contributed by atoms with Crippen molar-refractivity contribution in [2.45, 2.75) is 38.1 Å². The summed E-state index contributed by atoms with van der Waals surface area (Å²) in [4.78, 5) is 0. The van der Waals surface area contributed by atoms with E-state index in [1.807, 2.05) is 36.0 Å². The Morgan fingerprint density at radius 1 is 1.48 bits per heavy atom. The Kier molecular flexibility index (Phi) is 3.51. The van der Waals surface area contributed by atoms with Crippen LogP contribution >= 0.6 is 0 Å². The fourth-order valence-electron chi connectivity index (χ4n) is 3.10. The van der Waals surface area contributed by atoms with Gasteiger partial charge in [-0.15, -0.1) is 0 Å². The highest BCUT2D eigenvalue weighted by molar-refractivity contribution is 5.56. The van der Waals surface area contributed by atoms with Crippen molar-refractivity contribution in [2.75, 3.05) is 0 Å². The minimum absolute atomic E-state index is 0.0220. The molecule has 4 rings (SSSR count). The second kappa shape index (κ2) is 5.68. The molecule has 1 aliphatic rings. The minimum Gasteiger partial charge on any atom is -0.460 e. The van der Waals surface area contributed by atoms with E-state index in [1.54, 1.807) is 12.4 Å². The number of nitrogens with zero attached hydrogens (tertiary/aromatic N) is 3. The van der Waals surface area contributed by atoms with E-state index in [0.717, 1.165) is 29.2 Å². The van der Waals surface area contributed by atoms with Crippen molar-refractivity contribution in [3.63, 3.8) is 0 Å². The molecule has 7 nitrogen and oxygen atoms in total. The number of aryl methyl sites for hydroxylation is 1. The highest BCUT2D eigenvalue weighted by Crippen LogP contribution is 2.33. The van der Waals surface area contributed by atoms with Gasteiger partial charge in [0.15, 0.2) is 5.76 Å². The standard InChI is InChI=1S/C16H19N5O2/c1-10-3-4-14(23-10)15-11(9-18-20-15)8-17-12-7-13(22)16(12)21-6-2-5-19-21/h2-6,9,12-13,16-17,22H,7-8H2,1H3,(H,18,20)/t12-,13+,16+/m0/s1. The van der Waals surface area contributed by atoms with Gasteiger partial charge in [0.05, 0.1) is 18.3 Å². The van der Waals surface area contributed by atoms with Gasteiger partial charge in [0, 0.05) is 30.5 Å². The molecule has 1 saturated carbocycles. The first-order valence-corrected chi connectivity index (χ1v) is 7.72. The molecule has 7 heteroatoms. The summed E-state index contributed by atoms with van der Waals surface area (Å²) in [5.74, 6) is 1.66. The molecule has 1 fully saturated rings. The molecular weight excluding hydrogens is 294 g/mol. The topological polar surface area (TPSA) is 91.9 Å². The Morgan fingerprint density at radius 2 is 2.39 bits per heavy atom. The molecule has 3 aromatic rings. The normalized spacial score (nSPS) is 23.8. The Bertz CT molecular complexity index is 776. The number of furan rings is 1. The third-order valence-electron chi connectivity index (χ3n) is 4.39. The Balaban J connectivity index is 1.45. The van der Waals surface area contributed by atoms with Crippen molar-refractivity contribution in [1.82, 2.24) is 25.3 Å². The number of aliphatic hydroxyl groups is 1. The van der Waals surface area contributed by atoms with E-state index in [2.05, 4.69) is 20.6 Å². The van der Waals surface area contributed by atoms with E-state index < -0.39 is 0 Å². The van der Waals surface area contributed by atoms with Gasteiger partial charge in [-0.2, -0.15) is 10.2 Å². The van der Waals surface area contributed by atoms with Crippen LogP contribution in [0.3, 0.4) is 0 Å². The highest BCUT2D eigenvalue weighted by atomic mass is 16.3. The summed E-state index contributed by atoms with van der Waals surface area (Å²) in [6.07, 6.45) is 5.78. The summed E-state index contributed by atoms with van der Waals surface area (Å²) < 4.78 is 7.48. The maximum absolute atomic E-state index is 10.0. The number of aromatic amines is 1. The number of rotatable bonds is 5. The molecular formula is C16H19N5O2. The van der Waals surface area contributed by atoms with E-state index in [-0.39, 0.29) is 18.2 Å². The van der Waals surface area contributed by atoms with Crippen LogP contribution in [-0.2, 0) is 6.54 Å². The predicted molar refractivity (Wildman–Crippen MR) is 83.5 cm³/mol. The highest BCUT2D eigenvalue weighted by Gasteiger charge is 2.41. The number of hydrogen-bond donors (Lipinski definition) is 3. The van der Waals surface area contributed by atoms with Crippen LogP contribution in [0.2, 0.25) is 0 Å². The molecule has 0 unspecified atom stereocenters. The van der Waals surface area contributed by atoms with Gasteiger partial charge >= 0.3 is 0 Å². The lowest BCUT2D eigenvalue weighted by Crippen LogP contribution is -2.54. The lowest BCUT2D eigenvalue weighted by molar-refractivity contribution is -0.00820. The lowest BCUT2D eigenvalue weighted by atomic mass is 9.83. The summed E-state index contributed by atoms with van der Waals surface area (Å²) in [7, 11) is 0. The number of aromatic nitrogens is 4. The van der Waals surface area contributed by atoms with E-state index in [0.29, 0.717) is 6.54 Å². The predicted octanol–water partition coefficient (Wildman–Crippen LogP) is 1.64. The number of nitrogens with one attached hydrogen (secondary N) is 2. The molecule has 0 amide bonds. The van der Waals surface area contributed by atoms with Crippen LogP contribution in [0, 0.1) is 6.92 Å². The van der Waals surface area contributed by atoms with Crippen LogP contribution in [0.15, 0.2) is 41.2 Å². The van der Waals surface area contributed by atoms with Crippen LogP contribution in [0.5, 0.6) is 0 Å². The molecule has 3 atom stereocenters. The summed E-state index contributed by atoms with van der Waals surface area (Å²) in [6.45, 7) is 2.57. The van der Waals surface area contributed by atoms with Gasteiger partial charge in [0.2, 0.25) is 0 Å². The Hall–Kier alpha value is -2.38. The van der Waals surface area contributed by atoms with E-state index in [4.69, 9.17) is 4.42 Å². The van der Waals surface area contributed by atoms with Crippen molar-refractivity contribution in [3.8, 4) is 11.5 Å². The molecule has 120 valence electrons. The van der Waals surface area contributed by atoms with Crippen LogP contribution in [-0.4, -0.2) is 37.2 Å². The molecule has 0 bridgehead atoms. The van der Waals surface area contributed by atoms with Crippen molar-refractivity contribution >= 4 is 0 Å². The second-order valence-corrected chi connectivity index (χ2v) is 5.95. The van der Waals surface area contributed by atoms with Crippen LogP contribution in [0.1, 0.15) is 23.8 Å². The molecule has 23 heavy (non-hydrogen) atoms. The Morgan fingerprint density at radius 3 is 3.09 bits per heavy atom. The fraction of sp³-hybridized carbons (Fsp3) is 0.375. The van der Waals surface area contributed by atoms with Gasteiger partial charge in [0.1, 0.15) is 11.5 Å². The van der Waals surface area contributed by atoms with E-state index >= 15 is 0 Å². The first kappa shape index (κ1) is 14.2. The maximum Gasteiger partial charge on any atom is 0.152 e. The van der Waals surface area contributed by atoms with Crippen molar-refractivity contribution in [1.29, 1.82) is 0 Å². The molecule has 0 radical (unpaired) electrons. The molecule has 0 aromatic carbocycles. The zero-order valence-corrected chi connectivity index (χ0v) is 12.8. The van der Waals surface area contributed by atoms with Gasteiger partial charge in [-0.3, -0.25) is 9.78 Å². The number of H-pyrrole nitrogens is 1. The molecule has 0 saturated heterocycles. The largest absolute Gasteiger partial charge is 0.460 e. The number of hydrogen-bond acceptors (Lipinski definition) is 5. The fourth-order valence-corrected chi connectivity index (χ4v) is 3.10. The third-order valence-corrected chi connectivity index (χ3v) is 4.39. The average molecular weight is 313 g/mol. The first-order chi connectivity index (χ1) is 11.2. The Labute approximate surface area is 133 Å².